The highest BCUT2D eigenvalue weighted by molar-refractivity contribution is 6.62. The van der Waals surface area contributed by atoms with Crippen LogP contribution in [0, 0.1) is 0 Å². The molecule has 0 unspecified atom stereocenters. The van der Waals surface area contributed by atoms with Crippen LogP contribution in [0.15, 0.2) is 48.5 Å². The molecule has 0 saturated carbocycles. The van der Waals surface area contributed by atoms with Crippen molar-refractivity contribution in [1.29, 1.82) is 0 Å². The number of fused-ring (bicyclic) bond motifs is 2. The zero-order valence-electron chi connectivity index (χ0n) is 19.4. The van der Waals surface area contributed by atoms with Gasteiger partial charge in [0.05, 0.1) is 26.9 Å². The monoisotopic (exact) mass is 434 g/mol. The summed E-state index contributed by atoms with van der Waals surface area (Å²) in [6.07, 6.45) is 9.50. The van der Waals surface area contributed by atoms with Crippen LogP contribution in [-0.2, 0) is 9.47 Å². The van der Waals surface area contributed by atoms with Crippen molar-refractivity contribution in [2.45, 2.75) is 74.8 Å². The molecular formula is C27H35BO4. The predicted molar refractivity (Wildman–Crippen MR) is 128 cm³/mol. The zero-order valence-corrected chi connectivity index (χ0v) is 19.4. The van der Waals surface area contributed by atoms with Crippen molar-refractivity contribution in [3.8, 4) is 11.5 Å². The van der Waals surface area contributed by atoms with Gasteiger partial charge in [0.1, 0.15) is 30.4 Å². The van der Waals surface area contributed by atoms with E-state index in [1.54, 1.807) is 14.2 Å². The van der Waals surface area contributed by atoms with Crippen LogP contribution >= 0.6 is 0 Å². The Labute approximate surface area is 192 Å². The second-order valence-corrected chi connectivity index (χ2v) is 9.76. The average Bonchev–Trinajstić information content (AvgIpc) is 2.84. The number of rotatable bonds is 6. The molecule has 2 aromatic rings. The predicted octanol–water partition coefficient (Wildman–Crippen LogP) is 6.50. The minimum Gasteiger partial charge on any atom is -0.497 e. The topological polar surface area (TPSA) is 36.9 Å². The van der Waals surface area contributed by atoms with E-state index in [1.165, 1.54) is 38.5 Å². The number of methoxy groups -OCH3 is 2. The number of hydrogen-bond acceptors (Lipinski definition) is 4. The molecule has 0 radical (unpaired) electrons. The summed E-state index contributed by atoms with van der Waals surface area (Å²) in [5.41, 5.74) is 2.26. The van der Waals surface area contributed by atoms with Gasteiger partial charge in [0.25, 0.3) is 0 Å². The molecule has 0 spiro atoms. The van der Waals surface area contributed by atoms with Gasteiger partial charge in [-0.1, -0.05) is 74.4 Å². The minimum absolute atomic E-state index is 0.128. The summed E-state index contributed by atoms with van der Waals surface area (Å²) >= 11 is 0. The fourth-order valence-corrected chi connectivity index (χ4v) is 6.35. The third kappa shape index (κ3) is 4.56. The van der Waals surface area contributed by atoms with Crippen molar-refractivity contribution >= 4 is 6.71 Å². The van der Waals surface area contributed by atoms with E-state index in [-0.39, 0.29) is 18.3 Å². The molecule has 5 rings (SSSR count). The summed E-state index contributed by atoms with van der Waals surface area (Å²) in [6.45, 7) is 1.47. The Morgan fingerprint density at radius 1 is 0.750 bits per heavy atom. The maximum atomic E-state index is 6.84. The van der Waals surface area contributed by atoms with Gasteiger partial charge in [-0.3, -0.25) is 0 Å². The third-order valence-electron chi connectivity index (χ3n) is 8.01. The van der Waals surface area contributed by atoms with E-state index in [2.05, 4.69) is 24.3 Å². The maximum absolute atomic E-state index is 6.84. The van der Waals surface area contributed by atoms with Crippen LogP contribution < -0.4 is 9.47 Å². The van der Waals surface area contributed by atoms with Crippen molar-refractivity contribution in [2.24, 2.45) is 0 Å². The van der Waals surface area contributed by atoms with Gasteiger partial charge >= 0.3 is 0 Å². The molecule has 5 heteroatoms. The van der Waals surface area contributed by atoms with Gasteiger partial charge in [-0.25, -0.2) is 0 Å². The van der Waals surface area contributed by atoms with Crippen molar-refractivity contribution in [1.82, 2.24) is 0 Å². The lowest BCUT2D eigenvalue weighted by Gasteiger charge is -2.44. The van der Waals surface area contributed by atoms with Crippen molar-refractivity contribution in [3.63, 3.8) is 0 Å². The summed E-state index contributed by atoms with van der Waals surface area (Å²) in [6, 6.07) is 16.4. The lowest BCUT2D eigenvalue weighted by Crippen LogP contribution is -2.41. The van der Waals surface area contributed by atoms with Gasteiger partial charge in [0.15, 0.2) is 0 Å². The Kier molecular flexibility index (Phi) is 6.75. The molecule has 0 N–H and O–H groups in total. The second kappa shape index (κ2) is 9.88. The molecule has 3 fully saturated rings. The highest BCUT2D eigenvalue weighted by atomic mass is 16.6. The average molecular weight is 434 g/mol. The summed E-state index contributed by atoms with van der Waals surface area (Å²) in [4.78, 5) is 0. The summed E-state index contributed by atoms with van der Waals surface area (Å²) in [5.74, 6) is 3.50. The normalized spacial score (nSPS) is 30.1. The molecule has 4 nitrogen and oxygen atoms in total. The molecule has 0 aliphatic carbocycles. The minimum atomic E-state index is -0.128. The van der Waals surface area contributed by atoms with Gasteiger partial charge in [0.2, 0.25) is 0 Å². The van der Waals surface area contributed by atoms with Crippen LogP contribution in [0.25, 0.3) is 0 Å². The lowest BCUT2D eigenvalue weighted by atomic mass is 9.25. The Balaban J connectivity index is 1.37. The Bertz CT molecular complexity index is 846. The van der Waals surface area contributed by atoms with Crippen LogP contribution in [0.2, 0.25) is 18.0 Å². The molecule has 3 aliphatic heterocycles. The van der Waals surface area contributed by atoms with Crippen LogP contribution in [0.1, 0.15) is 61.9 Å². The van der Waals surface area contributed by atoms with Gasteiger partial charge in [-0.2, -0.15) is 0 Å². The summed E-state index contributed by atoms with van der Waals surface area (Å²) < 4.78 is 24.1. The number of benzene rings is 2. The van der Waals surface area contributed by atoms with Crippen LogP contribution in [0.5, 0.6) is 11.5 Å². The second-order valence-electron chi connectivity index (χ2n) is 9.76. The van der Waals surface area contributed by atoms with Crippen LogP contribution in [0.4, 0.5) is 0 Å². The van der Waals surface area contributed by atoms with E-state index >= 15 is 0 Å². The number of hydrogen-bond donors (Lipinski definition) is 0. The molecular weight excluding hydrogens is 399 g/mol. The fraction of sp³-hybridized carbons (Fsp3) is 0.556. The molecule has 32 heavy (non-hydrogen) atoms. The van der Waals surface area contributed by atoms with E-state index in [4.69, 9.17) is 18.9 Å². The first-order chi connectivity index (χ1) is 15.7. The van der Waals surface area contributed by atoms with Crippen LogP contribution in [0.3, 0.4) is 0 Å². The fourth-order valence-electron chi connectivity index (χ4n) is 6.35. The van der Waals surface area contributed by atoms with E-state index in [9.17, 15) is 0 Å². The Hall–Kier alpha value is -1.98. The highest BCUT2D eigenvalue weighted by Gasteiger charge is 2.42. The van der Waals surface area contributed by atoms with Gasteiger partial charge in [-0.15, -0.1) is 0 Å². The molecule has 3 saturated heterocycles. The zero-order chi connectivity index (χ0) is 21.9. The van der Waals surface area contributed by atoms with E-state index in [0.717, 1.165) is 47.3 Å². The first kappa shape index (κ1) is 21.8. The first-order valence-electron chi connectivity index (χ1n) is 12.3. The SMILES string of the molecule is COc1ccc([C@H]2OC[C@H](CB3C4CCCC3CCC4)O[C@@H]2c2ccc(OC)cc2)cc1. The van der Waals surface area contributed by atoms with Gasteiger partial charge < -0.3 is 18.9 Å². The summed E-state index contributed by atoms with van der Waals surface area (Å²) in [5, 5.41) is 0. The van der Waals surface area contributed by atoms with E-state index in [1.807, 2.05) is 24.3 Å². The van der Waals surface area contributed by atoms with E-state index < -0.39 is 0 Å². The molecule has 3 aliphatic rings. The number of ether oxygens (including phenoxy) is 4. The smallest absolute Gasteiger partial charge is 0.149 e. The highest BCUT2D eigenvalue weighted by Crippen LogP contribution is 2.49. The maximum Gasteiger partial charge on any atom is 0.149 e. The molecule has 2 bridgehead atoms. The molecule has 2 aromatic carbocycles. The first-order valence-corrected chi connectivity index (χ1v) is 12.3. The summed E-state index contributed by atoms with van der Waals surface area (Å²) in [7, 11) is 3.40. The van der Waals surface area contributed by atoms with Crippen molar-refractivity contribution < 1.29 is 18.9 Å². The molecule has 0 amide bonds. The molecule has 3 atom stereocenters. The van der Waals surface area contributed by atoms with Crippen molar-refractivity contribution in [3.05, 3.63) is 59.7 Å². The van der Waals surface area contributed by atoms with E-state index in [0.29, 0.717) is 6.61 Å². The van der Waals surface area contributed by atoms with Gasteiger partial charge in [0, 0.05) is 0 Å². The van der Waals surface area contributed by atoms with Crippen LogP contribution in [-0.4, -0.2) is 33.6 Å². The lowest BCUT2D eigenvalue weighted by molar-refractivity contribution is -0.180. The Morgan fingerprint density at radius 3 is 1.75 bits per heavy atom. The quantitative estimate of drug-likeness (QED) is 0.486. The standard InChI is InChI=1S/C27H35BO4/c1-29-23-13-9-19(10-14-23)26-27(20-11-15-24(30-2)16-12-20)32-25(18-31-26)17-28-21-5-3-6-22(28)8-4-7-21/h9-16,21-22,25-27H,3-8,17-18H2,1-2H3/t21?,22?,25-,26+,27+/m0/s1. The Morgan fingerprint density at radius 2 is 1.25 bits per heavy atom. The largest absolute Gasteiger partial charge is 0.497 e. The molecule has 0 aromatic heterocycles. The van der Waals surface area contributed by atoms with Gasteiger partial charge in [-0.05, 0) is 41.7 Å². The molecule has 170 valence electrons. The third-order valence-corrected chi connectivity index (χ3v) is 8.01. The van der Waals surface area contributed by atoms with Crippen molar-refractivity contribution in [2.75, 3.05) is 20.8 Å². The molecule has 3 heterocycles.